The molecule has 1 aromatic heterocycles. The highest BCUT2D eigenvalue weighted by molar-refractivity contribution is 9.10. The van der Waals surface area contributed by atoms with Gasteiger partial charge in [0.1, 0.15) is 6.04 Å². The van der Waals surface area contributed by atoms with Crippen LogP contribution in [0.1, 0.15) is 32.6 Å². The van der Waals surface area contributed by atoms with E-state index in [1.165, 1.54) is 12.8 Å². The van der Waals surface area contributed by atoms with Crippen molar-refractivity contribution in [3.8, 4) is 0 Å². The Balaban J connectivity index is 1.86. The number of pyridine rings is 1. The highest BCUT2D eigenvalue weighted by Gasteiger charge is 2.20. The summed E-state index contributed by atoms with van der Waals surface area (Å²) in [4.78, 5) is 16.0. The van der Waals surface area contributed by atoms with Gasteiger partial charge in [0.2, 0.25) is 5.91 Å². The van der Waals surface area contributed by atoms with Crippen molar-refractivity contribution in [3.63, 3.8) is 0 Å². The number of anilines is 1. The average Bonchev–Trinajstić information content (AvgIpc) is 2.81. The van der Waals surface area contributed by atoms with Gasteiger partial charge in [0, 0.05) is 16.7 Å². The molecule has 1 aromatic rings. The van der Waals surface area contributed by atoms with Crippen LogP contribution in [0.4, 0.5) is 5.69 Å². The molecule has 1 unspecified atom stereocenters. The number of rotatable bonds is 4. The molecular weight excluding hydrogens is 294 g/mol. The lowest BCUT2D eigenvalue weighted by Crippen LogP contribution is -2.42. The Labute approximate surface area is 116 Å². The summed E-state index contributed by atoms with van der Waals surface area (Å²) < 4.78 is 0.899. The maximum absolute atomic E-state index is 12.0. The normalized spacial score (nSPS) is 17.4. The van der Waals surface area contributed by atoms with Gasteiger partial charge in [-0.2, -0.15) is 0 Å². The standard InChI is InChI=1S/C13H18BrN3O/c1-9(13(18)17-11-4-2-3-5-11)16-12-6-10(14)7-15-8-12/h6-9,11,16H,2-5H2,1H3,(H,17,18). The van der Waals surface area contributed by atoms with Gasteiger partial charge in [-0.15, -0.1) is 0 Å². The van der Waals surface area contributed by atoms with Crippen molar-refractivity contribution >= 4 is 27.5 Å². The van der Waals surface area contributed by atoms with Crippen molar-refractivity contribution < 1.29 is 4.79 Å². The first-order chi connectivity index (χ1) is 8.65. The van der Waals surface area contributed by atoms with Crippen LogP contribution in [0, 0.1) is 0 Å². The number of nitrogens with one attached hydrogen (secondary N) is 2. The van der Waals surface area contributed by atoms with Gasteiger partial charge in [0.25, 0.3) is 0 Å². The van der Waals surface area contributed by atoms with E-state index in [0.29, 0.717) is 6.04 Å². The molecule has 2 rings (SSSR count). The maximum atomic E-state index is 12.0. The number of hydrogen-bond acceptors (Lipinski definition) is 3. The molecule has 5 heteroatoms. The first-order valence-electron chi connectivity index (χ1n) is 6.32. The summed E-state index contributed by atoms with van der Waals surface area (Å²) in [6.07, 6.45) is 8.09. The molecule has 2 N–H and O–H groups in total. The van der Waals surface area contributed by atoms with E-state index in [2.05, 4.69) is 31.5 Å². The summed E-state index contributed by atoms with van der Waals surface area (Å²) in [5.41, 5.74) is 0.846. The fraction of sp³-hybridized carbons (Fsp3) is 0.538. The largest absolute Gasteiger partial charge is 0.373 e. The van der Waals surface area contributed by atoms with Crippen LogP contribution in [0.3, 0.4) is 0 Å². The Morgan fingerprint density at radius 3 is 2.83 bits per heavy atom. The Bertz CT molecular complexity index is 418. The van der Waals surface area contributed by atoms with Crippen molar-refractivity contribution in [1.29, 1.82) is 0 Å². The summed E-state index contributed by atoms with van der Waals surface area (Å²) in [6.45, 7) is 1.87. The SMILES string of the molecule is CC(Nc1cncc(Br)c1)C(=O)NC1CCCC1. The molecule has 1 heterocycles. The van der Waals surface area contributed by atoms with Crippen LogP contribution in [0.2, 0.25) is 0 Å². The number of carbonyl (C=O) groups is 1. The Hall–Kier alpha value is -1.10. The smallest absolute Gasteiger partial charge is 0.242 e. The summed E-state index contributed by atoms with van der Waals surface area (Å²) in [7, 11) is 0. The Morgan fingerprint density at radius 1 is 1.44 bits per heavy atom. The van der Waals surface area contributed by atoms with Crippen LogP contribution in [0.25, 0.3) is 0 Å². The molecule has 4 nitrogen and oxygen atoms in total. The quantitative estimate of drug-likeness (QED) is 0.899. The number of nitrogens with zero attached hydrogens (tertiary/aromatic N) is 1. The lowest BCUT2D eigenvalue weighted by atomic mass is 10.2. The third-order valence-electron chi connectivity index (χ3n) is 3.18. The van der Waals surface area contributed by atoms with Gasteiger partial charge in [-0.3, -0.25) is 9.78 Å². The van der Waals surface area contributed by atoms with Crippen LogP contribution in [0.15, 0.2) is 22.9 Å². The van der Waals surface area contributed by atoms with E-state index in [1.54, 1.807) is 12.4 Å². The fourth-order valence-corrected chi connectivity index (χ4v) is 2.57. The molecule has 1 aliphatic rings. The first kappa shape index (κ1) is 13.3. The van der Waals surface area contributed by atoms with Gasteiger partial charge in [0.05, 0.1) is 11.9 Å². The molecule has 1 aliphatic carbocycles. The molecule has 0 saturated heterocycles. The lowest BCUT2D eigenvalue weighted by Gasteiger charge is -2.18. The van der Waals surface area contributed by atoms with E-state index < -0.39 is 0 Å². The summed E-state index contributed by atoms with van der Waals surface area (Å²) in [6, 6.07) is 2.02. The first-order valence-corrected chi connectivity index (χ1v) is 7.12. The molecule has 1 atom stereocenters. The van der Waals surface area contributed by atoms with E-state index >= 15 is 0 Å². The second-order valence-corrected chi connectivity index (χ2v) is 5.66. The minimum Gasteiger partial charge on any atom is -0.373 e. The van der Waals surface area contributed by atoms with Crippen molar-refractivity contribution in [2.45, 2.75) is 44.7 Å². The second-order valence-electron chi connectivity index (χ2n) is 4.75. The summed E-state index contributed by atoms with van der Waals surface area (Å²) in [5.74, 6) is 0.0573. The van der Waals surface area contributed by atoms with E-state index in [0.717, 1.165) is 23.0 Å². The summed E-state index contributed by atoms with van der Waals surface area (Å²) in [5, 5.41) is 6.23. The zero-order valence-electron chi connectivity index (χ0n) is 10.4. The van der Waals surface area contributed by atoms with Gasteiger partial charge >= 0.3 is 0 Å². The molecule has 1 fully saturated rings. The monoisotopic (exact) mass is 311 g/mol. The van der Waals surface area contributed by atoms with Crippen molar-refractivity contribution in [2.24, 2.45) is 0 Å². The Morgan fingerprint density at radius 2 is 2.17 bits per heavy atom. The highest BCUT2D eigenvalue weighted by Crippen LogP contribution is 2.18. The van der Waals surface area contributed by atoms with E-state index in [9.17, 15) is 4.79 Å². The van der Waals surface area contributed by atoms with Crippen molar-refractivity contribution in [1.82, 2.24) is 10.3 Å². The van der Waals surface area contributed by atoms with Gasteiger partial charge in [0.15, 0.2) is 0 Å². The molecule has 1 amide bonds. The summed E-state index contributed by atoms with van der Waals surface area (Å²) >= 11 is 3.36. The van der Waals surface area contributed by atoms with Gasteiger partial charge in [-0.1, -0.05) is 12.8 Å². The van der Waals surface area contributed by atoms with Crippen LogP contribution in [-0.2, 0) is 4.79 Å². The molecule has 0 radical (unpaired) electrons. The van der Waals surface area contributed by atoms with Gasteiger partial charge in [-0.05, 0) is 41.8 Å². The van der Waals surface area contributed by atoms with Crippen LogP contribution < -0.4 is 10.6 Å². The van der Waals surface area contributed by atoms with Gasteiger partial charge < -0.3 is 10.6 Å². The van der Waals surface area contributed by atoms with E-state index in [4.69, 9.17) is 0 Å². The van der Waals surface area contributed by atoms with Crippen LogP contribution >= 0.6 is 15.9 Å². The predicted molar refractivity (Wildman–Crippen MR) is 75.4 cm³/mol. The molecule has 0 spiro atoms. The molecule has 1 saturated carbocycles. The molecule has 0 bridgehead atoms. The topological polar surface area (TPSA) is 54.0 Å². The van der Waals surface area contributed by atoms with E-state index in [-0.39, 0.29) is 11.9 Å². The molecule has 18 heavy (non-hydrogen) atoms. The van der Waals surface area contributed by atoms with Crippen LogP contribution in [0.5, 0.6) is 0 Å². The molecule has 0 aliphatic heterocycles. The molecule has 98 valence electrons. The Kier molecular flexibility index (Phi) is 4.58. The number of amides is 1. The number of aromatic nitrogens is 1. The van der Waals surface area contributed by atoms with Crippen molar-refractivity contribution in [3.05, 3.63) is 22.9 Å². The zero-order chi connectivity index (χ0) is 13.0. The van der Waals surface area contributed by atoms with E-state index in [1.807, 2.05) is 13.0 Å². The third kappa shape index (κ3) is 3.70. The second kappa shape index (κ2) is 6.18. The number of hydrogen-bond donors (Lipinski definition) is 2. The highest BCUT2D eigenvalue weighted by atomic mass is 79.9. The average molecular weight is 312 g/mol. The number of halogens is 1. The zero-order valence-corrected chi connectivity index (χ0v) is 12.0. The minimum absolute atomic E-state index is 0.0573. The predicted octanol–water partition coefficient (Wildman–Crippen LogP) is 2.70. The van der Waals surface area contributed by atoms with Crippen molar-refractivity contribution in [2.75, 3.05) is 5.32 Å². The maximum Gasteiger partial charge on any atom is 0.242 e. The fourth-order valence-electron chi connectivity index (χ4n) is 2.20. The minimum atomic E-state index is -0.248. The van der Waals surface area contributed by atoms with Crippen LogP contribution in [-0.4, -0.2) is 23.0 Å². The lowest BCUT2D eigenvalue weighted by molar-refractivity contribution is -0.122. The number of carbonyl (C=O) groups excluding carboxylic acids is 1. The third-order valence-corrected chi connectivity index (χ3v) is 3.62. The molecular formula is C13H18BrN3O. The van der Waals surface area contributed by atoms with Gasteiger partial charge in [-0.25, -0.2) is 0 Å². The molecule has 0 aromatic carbocycles.